The number of esters is 1. The fourth-order valence-electron chi connectivity index (χ4n) is 10.1. The second kappa shape index (κ2) is 18.2. The number of Topliss-reactive ketones (excluding diaryl/α,β-unsaturated/α-hetero) is 1. The minimum Gasteiger partial charge on any atom is -0.492 e. The molecule has 8 atom stereocenters. The van der Waals surface area contributed by atoms with E-state index >= 15 is 0 Å². The molecule has 1 N–H and O–H groups in total. The van der Waals surface area contributed by atoms with E-state index in [9.17, 15) is 24.3 Å². The predicted octanol–water partition coefficient (Wildman–Crippen LogP) is 7.47. The van der Waals surface area contributed by atoms with E-state index in [2.05, 4.69) is 18.7 Å². The number of nitrogens with zero attached hydrogens (tertiary/aromatic N) is 4. The van der Waals surface area contributed by atoms with Crippen LogP contribution in [0.5, 0.6) is 11.5 Å². The number of thiazole rings is 1. The number of carbonyl (C=O) groups is 4. The minimum atomic E-state index is -1.13. The molecular weight excluding hydrogens is 809 g/mol. The van der Waals surface area contributed by atoms with E-state index in [0.717, 1.165) is 68.2 Å². The maximum Gasteiger partial charge on any atom is 0.310 e. The van der Waals surface area contributed by atoms with Gasteiger partial charge in [-0.15, -0.1) is 11.3 Å². The fraction of sp³-hybridized carbons (Fsp3) is 0.667. The van der Waals surface area contributed by atoms with Crippen LogP contribution in [0.2, 0.25) is 0 Å². The molecule has 0 bridgehead atoms. The van der Waals surface area contributed by atoms with E-state index in [1.165, 1.54) is 6.42 Å². The van der Waals surface area contributed by atoms with Gasteiger partial charge in [-0.2, -0.15) is 0 Å². The van der Waals surface area contributed by atoms with Crippen LogP contribution in [0.15, 0.2) is 29.6 Å². The molecule has 336 valence electrons. The Morgan fingerprint density at radius 2 is 1.76 bits per heavy atom. The Balaban J connectivity index is 1.07. The maximum atomic E-state index is 14.9. The second-order valence-electron chi connectivity index (χ2n) is 20.1. The van der Waals surface area contributed by atoms with Gasteiger partial charge >= 0.3 is 11.9 Å². The highest BCUT2D eigenvalue weighted by atomic mass is 32.1. The number of fused-ring (bicyclic) bond motifs is 2. The summed E-state index contributed by atoms with van der Waals surface area (Å²) in [6, 6.07) is 6.72. The van der Waals surface area contributed by atoms with Crippen molar-refractivity contribution < 1.29 is 43.2 Å². The van der Waals surface area contributed by atoms with E-state index in [4.69, 9.17) is 28.9 Å². The van der Waals surface area contributed by atoms with Crippen molar-refractivity contribution in [3.8, 4) is 22.9 Å². The van der Waals surface area contributed by atoms with Gasteiger partial charge in [-0.1, -0.05) is 48.0 Å². The molecule has 62 heavy (non-hydrogen) atoms. The van der Waals surface area contributed by atoms with Crippen LogP contribution in [0, 0.1) is 40.4 Å². The van der Waals surface area contributed by atoms with Gasteiger partial charge in [-0.05, 0) is 66.9 Å². The average Bonchev–Trinajstić information content (AvgIpc) is 3.89. The van der Waals surface area contributed by atoms with Crippen molar-refractivity contribution in [2.45, 2.75) is 118 Å². The maximum absolute atomic E-state index is 14.9. The first-order valence-corrected chi connectivity index (χ1v) is 23.7. The standard InChI is InChI=1S/C48H64N4O9S/c1-7-31-24-48(31,46(56)57)25-41(53)40-21-34(26-52(40)45(55)36(47(4,5)6)22-44(54)61-33-18-29-17-30(29)19-33)60-42-23-38(39-27-62-43(50-39)16-28(2)3)49-37-20-32(8-9-35(37)42)59-15-12-51-10-13-58-14-11-51/h8-9,20,23,27-31,33-34,36,40H,7,10-19,21-22,24-26H2,1-6H3,(H,56,57)/t29-,30+,31-,33?,34-,36-,40+,48-/m1/s1. The van der Waals surface area contributed by atoms with E-state index < -0.39 is 40.8 Å². The fourth-order valence-corrected chi connectivity index (χ4v) is 11.1. The average molecular weight is 873 g/mol. The summed E-state index contributed by atoms with van der Waals surface area (Å²) in [5.74, 6) is 0.110. The number of aromatic nitrogens is 2. The number of morpholine rings is 1. The van der Waals surface area contributed by atoms with Crippen molar-refractivity contribution in [2.75, 3.05) is 46.0 Å². The zero-order valence-corrected chi connectivity index (χ0v) is 38.0. The minimum absolute atomic E-state index is 0.0945. The summed E-state index contributed by atoms with van der Waals surface area (Å²) in [6.45, 7) is 16.6. The topological polar surface area (TPSA) is 158 Å². The van der Waals surface area contributed by atoms with E-state index in [0.29, 0.717) is 59.9 Å². The SMILES string of the molecule is CC[C@@H]1C[C@]1(CC(=O)[C@@H]1C[C@@H](Oc2cc(-c3csc(CC(C)C)n3)nc3cc(OCCN4CCOCC4)ccc23)CN1C(=O)[C@@H](CC(=O)OC1C[C@@H]2C[C@@H]2C1)C(C)(C)C)C(=O)O. The highest BCUT2D eigenvalue weighted by molar-refractivity contribution is 7.09. The van der Waals surface area contributed by atoms with Gasteiger partial charge in [-0.3, -0.25) is 24.1 Å². The number of hydrogen-bond donors (Lipinski definition) is 1. The Labute approximate surface area is 369 Å². The number of ketones is 1. The molecule has 8 rings (SSSR count). The molecule has 1 aromatic carbocycles. The van der Waals surface area contributed by atoms with Crippen LogP contribution >= 0.6 is 11.3 Å². The van der Waals surface area contributed by atoms with Crippen LogP contribution < -0.4 is 9.47 Å². The van der Waals surface area contributed by atoms with Crippen molar-refractivity contribution in [3.63, 3.8) is 0 Å². The van der Waals surface area contributed by atoms with Gasteiger partial charge in [0.25, 0.3) is 0 Å². The lowest BCUT2D eigenvalue weighted by molar-refractivity contribution is -0.157. The summed E-state index contributed by atoms with van der Waals surface area (Å²) in [5.41, 5.74) is 0.265. The molecule has 13 nitrogen and oxygen atoms in total. The van der Waals surface area contributed by atoms with Crippen LogP contribution in [-0.2, 0) is 35.1 Å². The van der Waals surface area contributed by atoms with Crippen LogP contribution in [-0.4, -0.2) is 113 Å². The van der Waals surface area contributed by atoms with E-state index in [1.54, 1.807) is 16.2 Å². The van der Waals surface area contributed by atoms with Crippen molar-refractivity contribution >= 4 is 45.9 Å². The summed E-state index contributed by atoms with van der Waals surface area (Å²) in [6.07, 6.45) is 4.11. The first kappa shape index (κ1) is 44.5. The van der Waals surface area contributed by atoms with Crippen molar-refractivity contribution in [1.82, 2.24) is 19.8 Å². The number of amides is 1. The molecule has 3 aliphatic carbocycles. The first-order valence-electron chi connectivity index (χ1n) is 22.8. The molecule has 3 saturated carbocycles. The van der Waals surface area contributed by atoms with Crippen LogP contribution in [0.25, 0.3) is 22.3 Å². The molecule has 0 spiro atoms. The Bertz CT molecular complexity index is 2140. The molecule has 14 heteroatoms. The quantitative estimate of drug-likeness (QED) is 0.126. The Kier molecular flexibility index (Phi) is 13.0. The van der Waals surface area contributed by atoms with Gasteiger partial charge in [-0.25, -0.2) is 9.97 Å². The molecule has 1 unspecified atom stereocenters. The molecular formula is C48H64N4O9S. The third-order valence-electron chi connectivity index (χ3n) is 14.0. The highest BCUT2D eigenvalue weighted by Gasteiger charge is 2.61. The Hall–Kier alpha value is -4.14. The van der Waals surface area contributed by atoms with Crippen molar-refractivity contribution in [3.05, 3.63) is 34.7 Å². The lowest BCUT2D eigenvalue weighted by atomic mass is 9.77. The summed E-state index contributed by atoms with van der Waals surface area (Å²) in [5, 5.41) is 14.1. The summed E-state index contributed by atoms with van der Waals surface area (Å²) >= 11 is 1.60. The smallest absolute Gasteiger partial charge is 0.310 e. The zero-order valence-electron chi connectivity index (χ0n) is 37.2. The molecule has 0 radical (unpaired) electrons. The number of carboxylic acid groups (broad SMARTS) is 1. The molecule has 2 saturated heterocycles. The van der Waals surface area contributed by atoms with Gasteiger partial charge in [0.2, 0.25) is 5.91 Å². The lowest BCUT2D eigenvalue weighted by Crippen LogP contribution is -2.48. The Morgan fingerprint density at radius 3 is 2.44 bits per heavy atom. The summed E-state index contributed by atoms with van der Waals surface area (Å²) < 4.78 is 24.5. The van der Waals surface area contributed by atoms with Gasteiger partial charge in [0.1, 0.15) is 30.3 Å². The van der Waals surface area contributed by atoms with Crippen LogP contribution in [0.3, 0.4) is 0 Å². The lowest BCUT2D eigenvalue weighted by Gasteiger charge is -2.35. The van der Waals surface area contributed by atoms with E-state index in [-0.39, 0.29) is 49.5 Å². The molecule has 5 aliphatic rings. The third-order valence-corrected chi connectivity index (χ3v) is 14.9. The molecule has 4 heterocycles. The molecule has 2 aromatic heterocycles. The molecule has 5 fully saturated rings. The Morgan fingerprint density at radius 1 is 1.00 bits per heavy atom. The number of aliphatic carboxylic acids is 1. The van der Waals surface area contributed by atoms with Crippen molar-refractivity contribution in [1.29, 1.82) is 0 Å². The van der Waals surface area contributed by atoms with Gasteiger partial charge in [0.15, 0.2) is 5.78 Å². The summed E-state index contributed by atoms with van der Waals surface area (Å²) in [4.78, 5) is 69.3. The van der Waals surface area contributed by atoms with Gasteiger partial charge in [0, 0.05) is 61.8 Å². The summed E-state index contributed by atoms with van der Waals surface area (Å²) in [7, 11) is 0. The number of benzene rings is 1. The van der Waals surface area contributed by atoms with Gasteiger partial charge in [0.05, 0.1) is 65.5 Å². The normalized spacial score (nSPS) is 27.6. The third kappa shape index (κ3) is 9.97. The first-order chi connectivity index (χ1) is 29.6. The number of rotatable bonds is 18. The second-order valence-corrected chi connectivity index (χ2v) is 21.0. The number of likely N-dealkylation sites (tertiary alicyclic amines) is 1. The van der Waals surface area contributed by atoms with Crippen LogP contribution in [0.4, 0.5) is 0 Å². The van der Waals surface area contributed by atoms with Gasteiger partial charge < -0.3 is 29.0 Å². The largest absolute Gasteiger partial charge is 0.492 e. The van der Waals surface area contributed by atoms with Crippen molar-refractivity contribution in [2.24, 2.45) is 40.4 Å². The molecule has 1 amide bonds. The highest BCUT2D eigenvalue weighted by Crippen LogP contribution is 2.58. The monoisotopic (exact) mass is 872 g/mol. The molecule has 2 aliphatic heterocycles. The number of ether oxygens (including phenoxy) is 4. The number of carbonyl (C=O) groups excluding carboxylic acids is 3. The van der Waals surface area contributed by atoms with Crippen LogP contribution in [0.1, 0.15) is 97.9 Å². The molecule has 3 aromatic rings. The number of hydrogen-bond acceptors (Lipinski definition) is 12. The number of pyridine rings is 1. The number of carboxylic acids is 1. The predicted molar refractivity (Wildman–Crippen MR) is 235 cm³/mol. The van der Waals surface area contributed by atoms with E-state index in [1.807, 2.05) is 57.3 Å². The zero-order chi connectivity index (χ0) is 43.9.